The predicted octanol–water partition coefficient (Wildman–Crippen LogP) is 3.80. The van der Waals surface area contributed by atoms with Gasteiger partial charge in [-0.25, -0.2) is 4.99 Å². The lowest BCUT2D eigenvalue weighted by molar-refractivity contribution is 0.897. The van der Waals surface area contributed by atoms with Crippen molar-refractivity contribution in [3.05, 3.63) is 33.9 Å². The van der Waals surface area contributed by atoms with Crippen LogP contribution in [0.2, 0.25) is 5.02 Å². The summed E-state index contributed by atoms with van der Waals surface area (Å²) in [4.78, 5) is 4.37. The summed E-state index contributed by atoms with van der Waals surface area (Å²) in [7, 11) is 0. The molecule has 0 heterocycles. The summed E-state index contributed by atoms with van der Waals surface area (Å²) in [5, 5.41) is 1.03. The molecule has 0 saturated carbocycles. The van der Waals surface area contributed by atoms with Crippen LogP contribution >= 0.6 is 11.6 Å². The summed E-state index contributed by atoms with van der Waals surface area (Å²) in [5.74, 6) is 2.69. The lowest BCUT2D eigenvalue weighted by Gasteiger charge is -2.12. The fraction of sp³-hybridized carbons (Fsp3) is 0.429. The van der Waals surface area contributed by atoms with Crippen LogP contribution in [0.5, 0.6) is 0 Å². The third-order valence-electron chi connectivity index (χ3n) is 3.73. The fourth-order valence-corrected chi connectivity index (χ4v) is 3.49. The number of halogens is 1. The smallest absolute Gasteiger partial charge is 0.0799 e. The van der Waals surface area contributed by atoms with Gasteiger partial charge in [-0.3, -0.25) is 0 Å². The molecule has 0 saturated heterocycles. The summed E-state index contributed by atoms with van der Waals surface area (Å²) in [5.41, 5.74) is 6.55. The molecule has 3 rings (SSSR count). The lowest BCUT2D eigenvalue weighted by atomic mass is 9.99. The molecule has 2 heteroatoms. The summed E-state index contributed by atoms with van der Waals surface area (Å²) in [6.45, 7) is 3.60. The van der Waals surface area contributed by atoms with Gasteiger partial charge in [-0.05, 0) is 73.2 Å². The number of hydrogen-bond donors (Lipinski definition) is 0. The monoisotopic (exact) mass is 231 g/mol. The number of hydrogen-bond acceptors (Lipinski definition) is 1. The summed E-state index contributed by atoms with van der Waals surface area (Å²) in [6, 6.07) is 0. The molecule has 16 heavy (non-hydrogen) atoms. The third-order valence-corrected chi connectivity index (χ3v) is 4.18. The molecule has 0 fully saturated rings. The van der Waals surface area contributed by atoms with Gasteiger partial charge in [0.1, 0.15) is 0 Å². The molecule has 0 N–H and O–H groups in total. The number of aliphatic imine (C=N–C) groups is 1. The zero-order valence-electron chi connectivity index (χ0n) is 9.27. The first-order valence-corrected chi connectivity index (χ1v) is 6.28. The standard InChI is InChI=1S/C14H14ClN/c1-2-16-14-11-7-3-5-9(11)13(15)10-6-4-8-12(10)14/h1,3-8H2. The van der Waals surface area contributed by atoms with E-state index in [1.807, 2.05) is 0 Å². The second kappa shape index (κ2) is 3.76. The van der Waals surface area contributed by atoms with Gasteiger partial charge in [0.25, 0.3) is 0 Å². The van der Waals surface area contributed by atoms with Crippen LogP contribution < -0.4 is 0 Å². The average molecular weight is 232 g/mol. The van der Waals surface area contributed by atoms with Crippen LogP contribution in [0.15, 0.2) is 11.6 Å². The average Bonchev–Trinajstić information content (AvgIpc) is 2.92. The first kappa shape index (κ1) is 10.1. The Labute approximate surface area is 101 Å². The maximum Gasteiger partial charge on any atom is 0.0799 e. The zero-order chi connectivity index (χ0) is 11.1. The molecule has 1 aromatic carbocycles. The second-order valence-corrected chi connectivity index (χ2v) is 4.93. The minimum Gasteiger partial charge on any atom is -0.206 e. The van der Waals surface area contributed by atoms with Crippen molar-refractivity contribution in [3.8, 4) is 0 Å². The van der Waals surface area contributed by atoms with Gasteiger partial charge in [0.15, 0.2) is 0 Å². The molecular weight excluding hydrogens is 218 g/mol. The number of nitrogens with zero attached hydrogens (tertiary/aromatic N) is 1. The third kappa shape index (κ3) is 1.29. The van der Waals surface area contributed by atoms with Crippen molar-refractivity contribution < 1.29 is 0 Å². The van der Waals surface area contributed by atoms with E-state index in [9.17, 15) is 0 Å². The van der Waals surface area contributed by atoms with E-state index in [0.717, 1.165) is 36.4 Å². The van der Waals surface area contributed by atoms with E-state index >= 15 is 0 Å². The molecule has 0 aliphatic heterocycles. The lowest BCUT2D eigenvalue weighted by Crippen LogP contribution is -1.94. The van der Waals surface area contributed by atoms with Crippen molar-refractivity contribution >= 4 is 23.2 Å². The first-order valence-electron chi connectivity index (χ1n) is 5.90. The van der Waals surface area contributed by atoms with Crippen LogP contribution in [0, 0.1) is 0 Å². The molecule has 82 valence electrons. The highest BCUT2D eigenvalue weighted by molar-refractivity contribution is 6.32. The Morgan fingerprint density at radius 1 is 0.938 bits per heavy atom. The van der Waals surface area contributed by atoms with Crippen LogP contribution in [0.1, 0.15) is 35.1 Å². The van der Waals surface area contributed by atoms with Gasteiger partial charge in [0, 0.05) is 5.02 Å². The molecule has 2 aliphatic rings. The van der Waals surface area contributed by atoms with E-state index in [4.69, 9.17) is 11.6 Å². The van der Waals surface area contributed by atoms with Crippen LogP contribution in [-0.2, 0) is 25.7 Å². The highest BCUT2D eigenvalue weighted by atomic mass is 35.5. The molecule has 0 unspecified atom stereocenters. The molecule has 0 bridgehead atoms. The molecule has 0 aromatic heterocycles. The zero-order valence-corrected chi connectivity index (χ0v) is 10.0. The normalized spacial score (nSPS) is 16.8. The van der Waals surface area contributed by atoms with Crippen molar-refractivity contribution in [3.63, 3.8) is 0 Å². The van der Waals surface area contributed by atoms with Crippen LogP contribution in [0.3, 0.4) is 0 Å². The van der Waals surface area contributed by atoms with Crippen LogP contribution in [-0.4, -0.2) is 5.87 Å². The van der Waals surface area contributed by atoms with E-state index < -0.39 is 0 Å². The van der Waals surface area contributed by atoms with Gasteiger partial charge in [0.2, 0.25) is 0 Å². The van der Waals surface area contributed by atoms with E-state index in [1.54, 1.807) is 0 Å². The van der Waals surface area contributed by atoms with Gasteiger partial charge >= 0.3 is 0 Å². The Balaban J connectivity index is 2.35. The summed E-state index contributed by atoms with van der Waals surface area (Å²) < 4.78 is 0. The van der Waals surface area contributed by atoms with Crippen molar-refractivity contribution in [1.82, 2.24) is 0 Å². The van der Waals surface area contributed by atoms with Crippen molar-refractivity contribution in [1.29, 1.82) is 0 Å². The van der Waals surface area contributed by atoms with Crippen molar-refractivity contribution in [2.75, 3.05) is 0 Å². The largest absolute Gasteiger partial charge is 0.206 e. The van der Waals surface area contributed by atoms with Crippen LogP contribution in [0.25, 0.3) is 0 Å². The second-order valence-electron chi connectivity index (χ2n) is 4.55. The topological polar surface area (TPSA) is 12.4 Å². The number of benzene rings is 1. The first-order chi connectivity index (χ1) is 7.83. The Morgan fingerprint density at radius 2 is 1.44 bits per heavy atom. The fourth-order valence-electron chi connectivity index (χ4n) is 3.07. The van der Waals surface area contributed by atoms with Gasteiger partial charge in [-0.1, -0.05) is 11.6 Å². The maximum atomic E-state index is 6.49. The Bertz CT molecular complexity index is 475. The Morgan fingerprint density at radius 3 is 1.94 bits per heavy atom. The van der Waals surface area contributed by atoms with E-state index in [0.29, 0.717) is 0 Å². The predicted molar refractivity (Wildman–Crippen MR) is 68.2 cm³/mol. The maximum absolute atomic E-state index is 6.49. The molecule has 0 amide bonds. The van der Waals surface area contributed by atoms with E-state index in [1.165, 1.54) is 35.1 Å². The quantitative estimate of drug-likeness (QED) is 0.652. The SMILES string of the molecule is C=C=Nc1c2c(c(Cl)c3c1CCC3)CCC2. The van der Waals surface area contributed by atoms with Gasteiger partial charge < -0.3 is 0 Å². The molecule has 0 radical (unpaired) electrons. The summed E-state index contributed by atoms with van der Waals surface area (Å²) in [6.07, 6.45) is 6.86. The van der Waals surface area contributed by atoms with Gasteiger partial charge in [-0.2, -0.15) is 0 Å². The van der Waals surface area contributed by atoms with Crippen molar-refractivity contribution in [2.24, 2.45) is 4.99 Å². The minimum atomic E-state index is 1.03. The highest BCUT2D eigenvalue weighted by Crippen LogP contribution is 2.44. The molecular formula is C14H14ClN. The number of fused-ring (bicyclic) bond motifs is 2. The minimum absolute atomic E-state index is 1.03. The van der Waals surface area contributed by atoms with E-state index in [2.05, 4.69) is 17.4 Å². The van der Waals surface area contributed by atoms with Gasteiger partial charge in [0.05, 0.1) is 5.69 Å². The van der Waals surface area contributed by atoms with E-state index in [-0.39, 0.29) is 0 Å². The molecule has 2 aliphatic carbocycles. The molecule has 0 spiro atoms. The molecule has 1 nitrogen and oxygen atoms in total. The number of rotatable bonds is 1. The highest BCUT2D eigenvalue weighted by Gasteiger charge is 2.27. The summed E-state index contributed by atoms with van der Waals surface area (Å²) >= 11 is 6.49. The Hall–Kier alpha value is -1.04. The van der Waals surface area contributed by atoms with Gasteiger partial charge in [-0.15, -0.1) is 0 Å². The van der Waals surface area contributed by atoms with Crippen molar-refractivity contribution in [2.45, 2.75) is 38.5 Å². The Kier molecular flexibility index (Phi) is 2.38. The molecule has 1 aromatic rings. The molecule has 0 atom stereocenters. The van der Waals surface area contributed by atoms with Crippen LogP contribution in [0.4, 0.5) is 5.69 Å².